The van der Waals surface area contributed by atoms with Crippen molar-refractivity contribution in [1.29, 1.82) is 0 Å². The summed E-state index contributed by atoms with van der Waals surface area (Å²) in [5, 5.41) is 2.19. The Kier molecular flexibility index (Phi) is 5.06. The summed E-state index contributed by atoms with van der Waals surface area (Å²) in [4.78, 5) is 4.93. The zero-order chi connectivity index (χ0) is 19.9. The molecule has 0 spiro atoms. The number of pyridine rings is 1. The van der Waals surface area contributed by atoms with E-state index < -0.39 is 10.0 Å². The molecule has 6 heteroatoms. The molecular weight excluding hydrogens is 388 g/mol. The van der Waals surface area contributed by atoms with E-state index in [1.807, 2.05) is 24.4 Å². The summed E-state index contributed by atoms with van der Waals surface area (Å²) in [6.45, 7) is 7.50. The first-order valence-corrected chi connectivity index (χ1v) is 12.0. The van der Waals surface area contributed by atoms with Crippen LogP contribution < -0.4 is 0 Å². The second kappa shape index (κ2) is 7.25. The summed E-state index contributed by atoms with van der Waals surface area (Å²) < 4.78 is 29.0. The molecule has 4 nitrogen and oxygen atoms in total. The molecule has 0 saturated carbocycles. The van der Waals surface area contributed by atoms with Gasteiger partial charge in [0.1, 0.15) is 0 Å². The molecule has 0 bridgehead atoms. The lowest BCUT2D eigenvalue weighted by Gasteiger charge is -2.31. The third-order valence-electron chi connectivity index (χ3n) is 5.61. The van der Waals surface area contributed by atoms with Crippen LogP contribution in [0.15, 0.2) is 52.9 Å². The molecule has 0 amide bonds. The smallest absolute Gasteiger partial charge is 0.243 e. The van der Waals surface area contributed by atoms with Crippen molar-refractivity contribution in [1.82, 2.24) is 9.29 Å². The van der Waals surface area contributed by atoms with Crippen LogP contribution in [-0.2, 0) is 15.4 Å². The van der Waals surface area contributed by atoms with Crippen molar-refractivity contribution in [2.75, 3.05) is 13.1 Å². The maximum atomic E-state index is 13.1. The largest absolute Gasteiger partial charge is 0.255 e. The number of aromatic nitrogens is 1. The van der Waals surface area contributed by atoms with Gasteiger partial charge in [-0.15, -0.1) is 11.3 Å². The van der Waals surface area contributed by atoms with Crippen LogP contribution in [0.3, 0.4) is 0 Å². The van der Waals surface area contributed by atoms with E-state index in [0.29, 0.717) is 23.9 Å². The molecule has 0 aliphatic carbocycles. The summed E-state index contributed by atoms with van der Waals surface area (Å²) in [5.41, 5.74) is 3.50. The maximum Gasteiger partial charge on any atom is 0.243 e. The Labute approximate surface area is 171 Å². The molecule has 1 saturated heterocycles. The third kappa shape index (κ3) is 3.61. The molecule has 0 N–H and O–H groups in total. The van der Waals surface area contributed by atoms with Crippen molar-refractivity contribution in [3.05, 3.63) is 59.1 Å². The van der Waals surface area contributed by atoms with Crippen LogP contribution in [0.2, 0.25) is 0 Å². The number of hydrogen-bond acceptors (Lipinski definition) is 4. The van der Waals surface area contributed by atoms with Crippen molar-refractivity contribution in [3.63, 3.8) is 0 Å². The van der Waals surface area contributed by atoms with E-state index in [-0.39, 0.29) is 5.41 Å². The lowest BCUT2D eigenvalue weighted by atomic mass is 9.87. The Bertz CT molecular complexity index is 1070. The normalized spacial score (nSPS) is 17.2. The predicted octanol–water partition coefficient (Wildman–Crippen LogP) is 5.16. The Balaban J connectivity index is 1.49. The number of sulfonamides is 1. The fraction of sp³-hybridized carbons (Fsp3) is 0.409. The van der Waals surface area contributed by atoms with Gasteiger partial charge in [-0.3, -0.25) is 4.98 Å². The van der Waals surface area contributed by atoms with Gasteiger partial charge in [-0.05, 0) is 64.9 Å². The first-order valence-electron chi connectivity index (χ1n) is 9.69. The Morgan fingerprint density at radius 3 is 2.39 bits per heavy atom. The first kappa shape index (κ1) is 19.6. The molecule has 2 aromatic heterocycles. The Morgan fingerprint density at radius 2 is 1.75 bits per heavy atom. The fourth-order valence-corrected chi connectivity index (χ4v) is 6.32. The molecule has 0 atom stereocenters. The van der Waals surface area contributed by atoms with Gasteiger partial charge in [-0.1, -0.05) is 32.9 Å². The molecule has 0 unspecified atom stereocenters. The average Bonchev–Trinajstić information content (AvgIpc) is 3.12. The minimum atomic E-state index is -3.44. The number of fused-ring (bicyclic) bond motifs is 1. The monoisotopic (exact) mass is 414 g/mol. The molecule has 1 aliphatic heterocycles. The van der Waals surface area contributed by atoms with Crippen LogP contribution in [0.1, 0.15) is 50.7 Å². The Morgan fingerprint density at radius 1 is 1.07 bits per heavy atom. The second-order valence-electron chi connectivity index (χ2n) is 8.49. The van der Waals surface area contributed by atoms with E-state index in [4.69, 9.17) is 0 Å². The van der Waals surface area contributed by atoms with Gasteiger partial charge in [0, 0.05) is 19.3 Å². The van der Waals surface area contributed by atoms with Gasteiger partial charge in [-0.25, -0.2) is 8.42 Å². The first-order chi connectivity index (χ1) is 13.3. The molecule has 28 heavy (non-hydrogen) atoms. The van der Waals surface area contributed by atoms with Crippen LogP contribution in [0.25, 0.3) is 10.2 Å². The maximum absolute atomic E-state index is 13.1. The van der Waals surface area contributed by atoms with Crippen molar-refractivity contribution in [2.45, 2.75) is 49.8 Å². The second-order valence-corrected chi connectivity index (χ2v) is 11.3. The summed E-state index contributed by atoms with van der Waals surface area (Å²) >= 11 is 1.72. The fourth-order valence-electron chi connectivity index (χ4n) is 3.86. The highest BCUT2D eigenvalue weighted by atomic mass is 32.2. The van der Waals surface area contributed by atoms with Crippen molar-refractivity contribution in [2.24, 2.45) is 0 Å². The van der Waals surface area contributed by atoms with E-state index in [0.717, 1.165) is 23.9 Å². The predicted molar refractivity (Wildman–Crippen MR) is 115 cm³/mol. The van der Waals surface area contributed by atoms with Gasteiger partial charge in [0.15, 0.2) is 0 Å². The highest BCUT2D eigenvalue weighted by Crippen LogP contribution is 2.36. The molecule has 3 aromatic rings. The molecule has 0 radical (unpaired) electrons. The molecule has 1 aromatic carbocycles. The molecule has 148 valence electrons. The lowest BCUT2D eigenvalue weighted by molar-refractivity contribution is 0.320. The van der Waals surface area contributed by atoms with Gasteiger partial charge < -0.3 is 0 Å². The molecular formula is C22H26N2O2S2. The van der Waals surface area contributed by atoms with Crippen LogP contribution >= 0.6 is 11.3 Å². The van der Waals surface area contributed by atoms with E-state index in [9.17, 15) is 8.42 Å². The van der Waals surface area contributed by atoms with E-state index in [1.165, 1.54) is 10.3 Å². The van der Waals surface area contributed by atoms with Crippen LogP contribution in [-0.4, -0.2) is 30.8 Å². The lowest BCUT2D eigenvalue weighted by Crippen LogP contribution is -2.37. The summed E-state index contributed by atoms with van der Waals surface area (Å²) in [5.74, 6) is 0.373. The van der Waals surface area contributed by atoms with Crippen LogP contribution in [0.5, 0.6) is 0 Å². The quantitative estimate of drug-likeness (QED) is 0.595. The van der Waals surface area contributed by atoms with Crippen molar-refractivity contribution in [3.8, 4) is 0 Å². The van der Waals surface area contributed by atoms with Gasteiger partial charge in [0.2, 0.25) is 10.0 Å². The van der Waals surface area contributed by atoms with E-state index in [1.54, 1.807) is 27.8 Å². The number of piperidine rings is 1. The summed E-state index contributed by atoms with van der Waals surface area (Å²) in [7, 11) is -3.44. The SMILES string of the molecule is CC(C)(C)c1ccc(S(=O)(=O)N2CCC(c3csc4cccnc34)CC2)cc1. The number of benzene rings is 1. The van der Waals surface area contributed by atoms with Gasteiger partial charge >= 0.3 is 0 Å². The zero-order valence-electron chi connectivity index (χ0n) is 16.6. The number of thiophene rings is 1. The summed E-state index contributed by atoms with van der Waals surface area (Å²) in [6, 6.07) is 11.4. The average molecular weight is 415 g/mol. The zero-order valence-corrected chi connectivity index (χ0v) is 18.2. The molecule has 1 fully saturated rings. The number of rotatable bonds is 3. The number of nitrogens with zero attached hydrogens (tertiary/aromatic N) is 2. The molecule has 3 heterocycles. The third-order valence-corrected chi connectivity index (χ3v) is 8.48. The van der Waals surface area contributed by atoms with Crippen molar-refractivity contribution >= 4 is 31.6 Å². The summed E-state index contributed by atoms with van der Waals surface area (Å²) in [6.07, 6.45) is 3.50. The van der Waals surface area contributed by atoms with Crippen molar-refractivity contribution < 1.29 is 8.42 Å². The van der Waals surface area contributed by atoms with Crippen LogP contribution in [0.4, 0.5) is 0 Å². The number of hydrogen-bond donors (Lipinski definition) is 0. The van der Waals surface area contributed by atoms with E-state index >= 15 is 0 Å². The minimum Gasteiger partial charge on any atom is -0.255 e. The standard InChI is InChI=1S/C22H26N2O2S2/c1-22(2,3)17-6-8-18(9-7-17)28(25,26)24-13-10-16(11-14-24)19-15-27-20-5-4-12-23-21(19)20/h4-9,12,15-16H,10-11,13-14H2,1-3H3. The molecule has 4 rings (SSSR count). The van der Waals surface area contributed by atoms with E-state index in [2.05, 4.69) is 37.2 Å². The van der Waals surface area contributed by atoms with Gasteiger partial charge in [0.05, 0.1) is 15.1 Å². The minimum absolute atomic E-state index is 0.0119. The highest BCUT2D eigenvalue weighted by molar-refractivity contribution is 7.89. The highest BCUT2D eigenvalue weighted by Gasteiger charge is 2.31. The van der Waals surface area contributed by atoms with Crippen LogP contribution in [0, 0.1) is 0 Å². The van der Waals surface area contributed by atoms with Gasteiger partial charge in [-0.2, -0.15) is 4.31 Å². The van der Waals surface area contributed by atoms with Gasteiger partial charge in [0.25, 0.3) is 0 Å². The Hall–Kier alpha value is -1.76. The molecule has 1 aliphatic rings. The topological polar surface area (TPSA) is 50.3 Å².